The van der Waals surface area contributed by atoms with E-state index in [-0.39, 0.29) is 35.7 Å². The fraction of sp³-hybridized carbons (Fsp3) is 0.548. The maximum Gasteiger partial charge on any atom is 0.229 e. The number of hydrogen-bond acceptors (Lipinski definition) is 5. The number of nitrogens with zero attached hydrogens (tertiary/aromatic N) is 2. The Balaban J connectivity index is 0.00000294. The summed E-state index contributed by atoms with van der Waals surface area (Å²) in [5, 5.41) is 3.60. The number of rotatable bonds is 8. The second kappa shape index (κ2) is 11.4. The van der Waals surface area contributed by atoms with Crippen LogP contribution in [0.4, 0.5) is 0 Å². The molecule has 0 bridgehead atoms. The number of benzene rings is 2. The number of ether oxygens (including phenoxy) is 1. The lowest BCUT2D eigenvalue weighted by molar-refractivity contribution is -0.140. The lowest BCUT2D eigenvalue weighted by Gasteiger charge is -2.44. The Bertz CT molecular complexity index is 1110. The van der Waals surface area contributed by atoms with E-state index in [1.165, 1.54) is 5.56 Å². The molecule has 0 radical (unpaired) electrons. The van der Waals surface area contributed by atoms with Crippen molar-refractivity contribution in [2.75, 3.05) is 39.8 Å². The van der Waals surface area contributed by atoms with Crippen molar-refractivity contribution in [2.45, 2.75) is 50.6 Å². The van der Waals surface area contributed by atoms with E-state index in [1.807, 2.05) is 29.2 Å². The number of piperidine rings is 1. The largest absolute Gasteiger partial charge is 0.497 e. The number of likely N-dealkylation sites (tertiary alicyclic amines) is 2. The van der Waals surface area contributed by atoms with E-state index in [2.05, 4.69) is 40.5 Å². The third-order valence-corrected chi connectivity index (χ3v) is 9.45. The normalized spacial score (nSPS) is 25.8. The van der Waals surface area contributed by atoms with Gasteiger partial charge in [0.25, 0.3) is 0 Å². The van der Waals surface area contributed by atoms with E-state index in [0.29, 0.717) is 24.2 Å². The van der Waals surface area contributed by atoms with Crippen LogP contribution in [0.1, 0.15) is 49.1 Å². The van der Waals surface area contributed by atoms with Gasteiger partial charge in [-0.1, -0.05) is 42.5 Å². The first-order chi connectivity index (χ1) is 18.1. The molecular formula is C31H40ClN3O3. The maximum absolute atomic E-state index is 13.7. The van der Waals surface area contributed by atoms with Crippen LogP contribution >= 0.6 is 12.4 Å². The summed E-state index contributed by atoms with van der Waals surface area (Å²) in [6, 6.07) is 18.7. The van der Waals surface area contributed by atoms with Crippen LogP contribution in [0.3, 0.4) is 0 Å². The molecular weight excluding hydrogens is 498 g/mol. The highest BCUT2D eigenvalue weighted by atomic mass is 35.5. The molecule has 1 N–H and O–H groups in total. The molecule has 38 heavy (non-hydrogen) atoms. The molecule has 7 heteroatoms. The lowest BCUT2D eigenvalue weighted by atomic mass is 9.74. The van der Waals surface area contributed by atoms with Crippen molar-refractivity contribution in [1.29, 1.82) is 0 Å². The average molecular weight is 538 g/mol. The number of halogens is 1. The number of hydrogen-bond donors (Lipinski definition) is 1. The fourth-order valence-corrected chi connectivity index (χ4v) is 7.06. The zero-order valence-corrected chi connectivity index (χ0v) is 23.1. The Morgan fingerprint density at radius 1 is 1.00 bits per heavy atom. The quantitative estimate of drug-likeness (QED) is 0.544. The first kappa shape index (κ1) is 27.2. The molecule has 1 aliphatic carbocycles. The number of amides is 1. The van der Waals surface area contributed by atoms with Gasteiger partial charge >= 0.3 is 0 Å². The van der Waals surface area contributed by atoms with E-state index in [1.54, 1.807) is 7.11 Å². The summed E-state index contributed by atoms with van der Waals surface area (Å²) in [5.74, 6) is 2.48. The minimum Gasteiger partial charge on any atom is -0.497 e. The predicted molar refractivity (Wildman–Crippen MR) is 151 cm³/mol. The van der Waals surface area contributed by atoms with Gasteiger partial charge in [0.1, 0.15) is 5.75 Å². The van der Waals surface area contributed by atoms with Crippen LogP contribution in [0.25, 0.3) is 0 Å². The summed E-state index contributed by atoms with van der Waals surface area (Å²) in [5.41, 5.74) is 2.21. The Kier molecular flexibility index (Phi) is 8.13. The predicted octanol–water partition coefficient (Wildman–Crippen LogP) is 4.28. The molecule has 3 saturated heterocycles. The third kappa shape index (κ3) is 5.23. The van der Waals surface area contributed by atoms with Crippen LogP contribution < -0.4 is 10.1 Å². The summed E-state index contributed by atoms with van der Waals surface area (Å²) < 4.78 is 5.27. The van der Waals surface area contributed by atoms with Crippen molar-refractivity contribution >= 4 is 24.1 Å². The lowest BCUT2D eigenvalue weighted by Crippen LogP contribution is -2.54. The molecule has 3 aliphatic heterocycles. The Hall–Kier alpha value is -2.41. The van der Waals surface area contributed by atoms with Gasteiger partial charge in [-0.2, -0.15) is 0 Å². The molecule has 4 aliphatic rings. The van der Waals surface area contributed by atoms with Crippen molar-refractivity contribution in [1.82, 2.24) is 15.1 Å². The van der Waals surface area contributed by atoms with Gasteiger partial charge in [-0.3, -0.25) is 14.5 Å². The summed E-state index contributed by atoms with van der Waals surface area (Å²) in [6.07, 6.45) is 4.73. The van der Waals surface area contributed by atoms with E-state index in [9.17, 15) is 9.59 Å². The first-order valence-corrected chi connectivity index (χ1v) is 14.0. The number of nitrogens with one attached hydrogen (secondary N) is 1. The highest BCUT2D eigenvalue weighted by molar-refractivity contribution is 5.89. The molecule has 0 aromatic heterocycles. The van der Waals surface area contributed by atoms with Gasteiger partial charge in [0.05, 0.1) is 18.6 Å². The van der Waals surface area contributed by atoms with Crippen molar-refractivity contribution in [3.63, 3.8) is 0 Å². The molecule has 1 amide bonds. The minimum atomic E-state index is -0.261. The van der Waals surface area contributed by atoms with Crippen LogP contribution in [0.15, 0.2) is 54.6 Å². The number of ketones is 1. The van der Waals surface area contributed by atoms with Crippen LogP contribution in [0.5, 0.6) is 5.75 Å². The smallest absolute Gasteiger partial charge is 0.229 e. The number of carbonyl (C=O) groups excluding carboxylic acids is 2. The number of methoxy groups -OCH3 is 1. The second-order valence-electron chi connectivity index (χ2n) is 11.6. The summed E-state index contributed by atoms with van der Waals surface area (Å²) in [6.45, 7) is 4.96. The average Bonchev–Trinajstić information content (AvgIpc) is 3.63. The Labute approximate surface area is 232 Å². The zero-order chi connectivity index (χ0) is 25.4. The minimum absolute atomic E-state index is 0. The summed E-state index contributed by atoms with van der Waals surface area (Å²) >= 11 is 0. The molecule has 3 atom stereocenters. The first-order valence-electron chi connectivity index (χ1n) is 14.0. The Morgan fingerprint density at radius 3 is 2.34 bits per heavy atom. The van der Waals surface area contributed by atoms with Crippen molar-refractivity contribution < 1.29 is 14.3 Å². The highest BCUT2D eigenvalue weighted by Crippen LogP contribution is 2.45. The Morgan fingerprint density at radius 2 is 1.68 bits per heavy atom. The summed E-state index contributed by atoms with van der Waals surface area (Å²) in [4.78, 5) is 31.8. The molecule has 2 aromatic rings. The number of carbonyl (C=O) groups is 2. The van der Waals surface area contributed by atoms with Gasteiger partial charge < -0.3 is 15.0 Å². The van der Waals surface area contributed by atoms with Gasteiger partial charge in [0.2, 0.25) is 5.91 Å². The molecule has 1 unspecified atom stereocenters. The van der Waals surface area contributed by atoms with Crippen molar-refractivity contribution in [3.8, 4) is 5.75 Å². The highest BCUT2D eigenvalue weighted by Gasteiger charge is 2.51. The third-order valence-electron chi connectivity index (χ3n) is 9.45. The molecule has 1 saturated carbocycles. The molecule has 4 fully saturated rings. The molecule has 3 heterocycles. The fourth-order valence-electron chi connectivity index (χ4n) is 7.06. The standard InChI is InChI=1S/C31H39N3O3.ClH/c1-37-25-11-7-22(8-12-25)21-34-18-15-31(30(34)36)13-16-33(17-14-31)28(29(35)24-9-10-24)27-20-32-19-26(27)23-5-3-2-4-6-23;/h2-8,11-12,24,26-28,32H,9-10,13-21H2,1H3;1H/t26-,27-,28?;/m1./s1. The molecule has 1 spiro atoms. The second-order valence-corrected chi connectivity index (χ2v) is 11.6. The van der Waals surface area contributed by atoms with Crippen LogP contribution in [-0.2, 0) is 16.1 Å². The van der Waals surface area contributed by atoms with E-state index in [0.717, 1.165) is 76.1 Å². The SMILES string of the molecule is COc1ccc(CN2CCC3(CCN(C(C(=O)C4CC4)[C@@H]4CNC[C@@H]4c4ccccc4)CC3)C2=O)cc1.Cl. The van der Waals surface area contributed by atoms with Crippen molar-refractivity contribution in [2.24, 2.45) is 17.3 Å². The maximum atomic E-state index is 13.7. The van der Waals surface area contributed by atoms with E-state index >= 15 is 0 Å². The van der Waals surface area contributed by atoms with Crippen LogP contribution in [-0.4, -0.2) is 67.4 Å². The summed E-state index contributed by atoms with van der Waals surface area (Å²) in [7, 11) is 1.67. The molecule has 6 nitrogen and oxygen atoms in total. The molecule has 2 aromatic carbocycles. The zero-order valence-electron chi connectivity index (χ0n) is 22.3. The van der Waals surface area contributed by atoms with Crippen molar-refractivity contribution in [3.05, 3.63) is 65.7 Å². The van der Waals surface area contributed by atoms with Gasteiger partial charge in [0, 0.05) is 43.9 Å². The van der Waals surface area contributed by atoms with E-state index in [4.69, 9.17) is 4.74 Å². The van der Waals surface area contributed by atoms with E-state index < -0.39 is 0 Å². The van der Waals surface area contributed by atoms with Crippen LogP contribution in [0.2, 0.25) is 0 Å². The molecule has 6 rings (SSSR count). The van der Waals surface area contributed by atoms with Crippen LogP contribution in [0, 0.1) is 17.3 Å². The van der Waals surface area contributed by atoms with Gasteiger partial charge in [-0.15, -0.1) is 12.4 Å². The van der Waals surface area contributed by atoms with Gasteiger partial charge in [-0.25, -0.2) is 0 Å². The number of Topliss-reactive ketones (excluding diaryl/α,β-unsaturated/α-hetero) is 1. The van der Waals surface area contributed by atoms with Gasteiger partial charge in [0.15, 0.2) is 5.78 Å². The monoisotopic (exact) mass is 537 g/mol. The topological polar surface area (TPSA) is 61.9 Å². The van der Waals surface area contributed by atoms with Gasteiger partial charge in [-0.05, 0) is 68.5 Å². The molecule has 204 valence electrons.